The standard InChI is InChI=1S/C7H9N3O2S.ClH/c1-12-5(11)2-4-3-13-7(10-4)6(8)9;/h3H,2H2,1H3,(H3,8,9);1H. The van der Waals surface area contributed by atoms with E-state index in [0.717, 1.165) is 0 Å². The Balaban J connectivity index is 0.00000169. The zero-order valence-corrected chi connectivity index (χ0v) is 9.08. The first-order chi connectivity index (χ1) is 6.13. The minimum Gasteiger partial charge on any atom is -0.469 e. The SMILES string of the molecule is COC(=O)Cc1csc(C(=N)N)n1.Cl. The Hall–Kier alpha value is -1.14. The number of esters is 1. The maximum absolute atomic E-state index is 10.8. The number of hydrogen-bond acceptors (Lipinski definition) is 5. The van der Waals surface area contributed by atoms with Crippen molar-refractivity contribution >= 4 is 35.5 Å². The number of nitrogen functional groups attached to an aromatic ring is 1. The zero-order valence-electron chi connectivity index (χ0n) is 7.44. The molecule has 0 aliphatic heterocycles. The van der Waals surface area contributed by atoms with E-state index in [9.17, 15) is 4.79 Å². The number of nitrogens with zero attached hydrogens (tertiary/aromatic N) is 1. The lowest BCUT2D eigenvalue weighted by molar-refractivity contribution is -0.139. The molecule has 1 heterocycles. The molecule has 0 aliphatic rings. The molecule has 5 nitrogen and oxygen atoms in total. The molecule has 3 N–H and O–H groups in total. The summed E-state index contributed by atoms with van der Waals surface area (Å²) >= 11 is 1.24. The van der Waals surface area contributed by atoms with Gasteiger partial charge >= 0.3 is 5.97 Å². The van der Waals surface area contributed by atoms with Crippen molar-refractivity contribution in [3.63, 3.8) is 0 Å². The van der Waals surface area contributed by atoms with Crippen LogP contribution < -0.4 is 5.73 Å². The molecule has 0 atom stereocenters. The second-order valence-corrected chi connectivity index (χ2v) is 3.17. The molecule has 0 fully saturated rings. The zero-order chi connectivity index (χ0) is 9.84. The minimum absolute atomic E-state index is 0. The molecule has 0 aromatic carbocycles. The highest BCUT2D eigenvalue weighted by molar-refractivity contribution is 7.11. The van der Waals surface area contributed by atoms with E-state index in [1.165, 1.54) is 18.4 Å². The molecular weight excluding hydrogens is 226 g/mol. The maximum Gasteiger partial charge on any atom is 0.311 e. The Kier molecular flexibility index (Phi) is 5.11. The molecule has 0 bridgehead atoms. The molecule has 0 spiro atoms. The number of methoxy groups -OCH3 is 1. The second-order valence-electron chi connectivity index (χ2n) is 2.31. The Morgan fingerprint density at radius 2 is 2.43 bits per heavy atom. The van der Waals surface area contributed by atoms with E-state index in [4.69, 9.17) is 11.1 Å². The van der Waals surface area contributed by atoms with Crippen LogP contribution in [0, 0.1) is 5.41 Å². The van der Waals surface area contributed by atoms with Gasteiger partial charge in [0.15, 0.2) is 10.8 Å². The molecule has 1 aromatic heterocycles. The third-order valence-corrected chi connectivity index (χ3v) is 2.26. The minimum atomic E-state index is -0.347. The van der Waals surface area contributed by atoms with Crippen LogP contribution in [0.4, 0.5) is 0 Å². The van der Waals surface area contributed by atoms with Gasteiger partial charge in [-0.15, -0.1) is 23.7 Å². The van der Waals surface area contributed by atoms with Gasteiger partial charge in [-0.3, -0.25) is 10.2 Å². The van der Waals surface area contributed by atoms with Gasteiger partial charge in [0.2, 0.25) is 0 Å². The summed E-state index contributed by atoms with van der Waals surface area (Å²) in [5.41, 5.74) is 5.79. The Morgan fingerprint density at radius 1 is 1.79 bits per heavy atom. The number of carbonyl (C=O) groups excluding carboxylic acids is 1. The summed E-state index contributed by atoms with van der Waals surface area (Å²) < 4.78 is 4.46. The lowest BCUT2D eigenvalue weighted by Crippen LogP contribution is -2.11. The Bertz CT molecular complexity index is 339. The molecule has 78 valence electrons. The number of carbonyl (C=O) groups is 1. The molecule has 0 saturated carbocycles. The van der Waals surface area contributed by atoms with Gasteiger partial charge in [-0.05, 0) is 0 Å². The largest absolute Gasteiger partial charge is 0.469 e. The normalized spacial score (nSPS) is 8.93. The highest BCUT2D eigenvalue weighted by atomic mass is 35.5. The first-order valence-corrected chi connectivity index (χ1v) is 4.37. The van der Waals surface area contributed by atoms with Crippen LogP contribution in [-0.2, 0) is 16.0 Å². The van der Waals surface area contributed by atoms with Crippen molar-refractivity contribution < 1.29 is 9.53 Å². The van der Waals surface area contributed by atoms with Gasteiger partial charge in [0.1, 0.15) is 0 Å². The van der Waals surface area contributed by atoms with Crippen LogP contribution in [0.5, 0.6) is 0 Å². The van der Waals surface area contributed by atoms with E-state index in [-0.39, 0.29) is 30.6 Å². The predicted octanol–water partition coefficient (Wildman–Crippen LogP) is 0.564. The van der Waals surface area contributed by atoms with Crippen LogP contribution >= 0.6 is 23.7 Å². The molecule has 0 unspecified atom stereocenters. The fourth-order valence-electron chi connectivity index (χ4n) is 0.732. The van der Waals surface area contributed by atoms with Gasteiger partial charge in [-0.1, -0.05) is 0 Å². The smallest absolute Gasteiger partial charge is 0.311 e. The third-order valence-electron chi connectivity index (χ3n) is 1.34. The molecule has 0 saturated heterocycles. The molecular formula is C7H10ClN3O2S. The van der Waals surface area contributed by atoms with Gasteiger partial charge < -0.3 is 10.5 Å². The van der Waals surface area contributed by atoms with Gasteiger partial charge in [-0.25, -0.2) is 4.98 Å². The van der Waals surface area contributed by atoms with Crippen LogP contribution in [0.2, 0.25) is 0 Å². The van der Waals surface area contributed by atoms with Crippen LogP contribution in [-0.4, -0.2) is 23.9 Å². The molecule has 1 rings (SSSR count). The van der Waals surface area contributed by atoms with Crippen molar-refractivity contribution in [3.8, 4) is 0 Å². The molecule has 0 aliphatic carbocycles. The number of halogens is 1. The fraction of sp³-hybridized carbons (Fsp3) is 0.286. The first-order valence-electron chi connectivity index (χ1n) is 3.49. The van der Waals surface area contributed by atoms with E-state index in [1.807, 2.05) is 0 Å². The van der Waals surface area contributed by atoms with E-state index < -0.39 is 0 Å². The molecule has 0 amide bonds. The average Bonchev–Trinajstić information content (AvgIpc) is 2.52. The maximum atomic E-state index is 10.8. The van der Waals surface area contributed by atoms with Crippen molar-refractivity contribution in [2.75, 3.05) is 7.11 Å². The Labute approximate surface area is 91.2 Å². The highest BCUT2D eigenvalue weighted by Gasteiger charge is 2.08. The number of amidine groups is 1. The van der Waals surface area contributed by atoms with Gasteiger partial charge in [0.05, 0.1) is 19.2 Å². The number of hydrogen-bond donors (Lipinski definition) is 2. The van der Waals surface area contributed by atoms with E-state index >= 15 is 0 Å². The molecule has 14 heavy (non-hydrogen) atoms. The second kappa shape index (κ2) is 5.56. The van der Waals surface area contributed by atoms with Crippen LogP contribution in [0.1, 0.15) is 10.7 Å². The summed E-state index contributed by atoms with van der Waals surface area (Å²) in [6, 6.07) is 0. The number of nitrogens with two attached hydrogens (primary N) is 1. The van der Waals surface area contributed by atoms with Crippen molar-refractivity contribution in [2.24, 2.45) is 5.73 Å². The van der Waals surface area contributed by atoms with Gasteiger partial charge in [0, 0.05) is 5.38 Å². The lowest BCUT2D eigenvalue weighted by Gasteiger charge is -1.93. The topological polar surface area (TPSA) is 89.1 Å². The van der Waals surface area contributed by atoms with E-state index in [1.54, 1.807) is 5.38 Å². The van der Waals surface area contributed by atoms with Gasteiger partial charge in [0.25, 0.3) is 0 Å². The third kappa shape index (κ3) is 3.31. The average molecular weight is 236 g/mol. The van der Waals surface area contributed by atoms with Crippen molar-refractivity contribution in [3.05, 3.63) is 16.1 Å². The van der Waals surface area contributed by atoms with Gasteiger partial charge in [-0.2, -0.15) is 0 Å². The number of thiazole rings is 1. The summed E-state index contributed by atoms with van der Waals surface area (Å²) in [4.78, 5) is 14.8. The number of ether oxygens (including phenoxy) is 1. The number of nitrogens with one attached hydrogen (secondary N) is 1. The summed E-state index contributed by atoms with van der Waals surface area (Å²) in [5.74, 6) is -0.429. The van der Waals surface area contributed by atoms with E-state index in [2.05, 4.69) is 9.72 Å². The van der Waals surface area contributed by atoms with Crippen LogP contribution in [0.15, 0.2) is 5.38 Å². The van der Waals surface area contributed by atoms with Crippen molar-refractivity contribution in [1.29, 1.82) is 5.41 Å². The number of rotatable bonds is 3. The van der Waals surface area contributed by atoms with Crippen LogP contribution in [0.3, 0.4) is 0 Å². The number of aromatic nitrogens is 1. The molecule has 0 radical (unpaired) electrons. The fourth-order valence-corrected chi connectivity index (χ4v) is 1.41. The lowest BCUT2D eigenvalue weighted by atomic mass is 10.3. The monoisotopic (exact) mass is 235 g/mol. The summed E-state index contributed by atoms with van der Waals surface area (Å²) in [5, 5.41) is 9.20. The highest BCUT2D eigenvalue weighted by Crippen LogP contribution is 2.09. The molecule has 7 heteroatoms. The van der Waals surface area contributed by atoms with Crippen molar-refractivity contribution in [1.82, 2.24) is 4.98 Å². The Morgan fingerprint density at radius 3 is 2.86 bits per heavy atom. The predicted molar refractivity (Wildman–Crippen MR) is 56.1 cm³/mol. The van der Waals surface area contributed by atoms with Crippen molar-refractivity contribution in [2.45, 2.75) is 6.42 Å². The quantitative estimate of drug-likeness (QED) is 0.455. The summed E-state index contributed by atoms with van der Waals surface area (Å²) in [7, 11) is 1.32. The summed E-state index contributed by atoms with van der Waals surface area (Å²) in [6.07, 6.45) is 0.125. The summed E-state index contributed by atoms with van der Waals surface area (Å²) in [6.45, 7) is 0. The first kappa shape index (κ1) is 12.9. The molecule has 1 aromatic rings. The van der Waals surface area contributed by atoms with E-state index in [0.29, 0.717) is 10.7 Å². The van der Waals surface area contributed by atoms with Crippen LogP contribution in [0.25, 0.3) is 0 Å².